The number of benzene rings is 2. The lowest BCUT2D eigenvalue weighted by atomic mass is 9.97. The van der Waals surface area contributed by atoms with E-state index in [9.17, 15) is 4.79 Å². The predicted molar refractivity (Wildman–Crippen MR) is 102 cm³/mol. The summed E-state index contributed by atoms with van der Waals surface area (Å²) in [5.74, 6) is 0.846. The van der Waals surface area contributed by atoms with Gasteiger partial charge in [-0.1, -0.05) is 18.2 Å². The van der Waals surface area contributed by atoms with Crippen molar-refractivity contribution < 1.29 is 14.3 Å². The molecule has 2 aliphatic rings. The van der Waals surface area contributed by atoms with Crippen molar-refractivity contribution in [1.82, 2.24) is 0 Å². The van der Waals surface area contributed by atoms with Gasteiger partial charge in [-0.3, -0.25) is 4.79 Å². The summed E-state index contributed by atoms with van der Waals surface area (Å²) in [5.41, 5.74) is 4.21. The molecule has 0 unspecified atom stereocenters. The fourth-order valence-corrected chi connectivity index (χ4v) is 3.86. The third kappa shape index (κ3) is 3.47. The van der Waals surface area contributed by atoms with E-state index in [0.717, 1.165) is 55.8 Å². The van der Waals surface area contributed by atoms with E-state index in [1.165, 1.54) is 5.56 Å². The minimum absolute atomic E-state index is 0.0610. The molecule has 0 radical (unpaired) electrons. The number of para-hydroxylation sites is 1. The molecule has 136 valence electrons. The average molecular weight is 351 g/mol. The molecule has 0 N–H and O–H groups in total. The molecule has 0 spiro atoms. The van der Waals surface area contributed by atoms with Crippen molar-refractivity contribution in [2.24, 2.45) is 0 Å². The highest BCUT2D eigenvalue weighted by molar-refractivity contribution is 6.07. The largest absolute Gasteiger partial charge is 0.491 e. The minimum atomic E-state index is 0.0610. The van der Waals surface area contributed by atoms with Gasteiger partial charge < -0.3 is 14.4 Å². The molecule has 0 aromatic heterocycles. The van der Waals surface area contributed by atoms with Gasteiger partial charge in [-0.2, -0.15) is 0 Å². The maximum Gasteiger partial charge on any atom is 0.258 e. The normalized spacial score (nSPS) is 19.3. The van der Waals surface area contributed by atoms with Crippen LogP contribution in [0.25, 0.3) is 0 Å². The summed E-state index contributed by atoms with van der Waals surface area (Å²) in [7, 11) is 0. The second-order valence-electron chi connectivity index (χ2n) is 7.11. The first-order valence-electron chi connectivity index (χ1n) is 9.47. The standard InChI is InChI=1S/C22H25NO3/c1-16-5-2-6-17-7-3-13-23(21(16)17)22(24)18-9-11-19(12-10-18)26-15-20-8-4-14-25-20/h2,5-6,9-12,20H,3-4,7-8,13-15H2,1H3/t20-/m1/s1. The van der Waals surface area contributed by atoms with Gasteiger partial charge in [0.05, 0.1) is 11.8 Å². The first-order chi connectivity index (χ1) is 12.7. The van der Waals surface area contributed by atoms with Crippen LogP contribution in [-0.2, 0) is 11.2 Å². The summed E-state index contributed by atoms with van der Waals surface area (Å²) >= 11 is 0. The smallest absolute Gasteiger partial charge is 0.258 e. The number of amides is 1. The molecule has 2 aromatic carbocycles. The SMILES string of the molecule is Cc1cccc2c1N(C(=O)c1ccc(OC[C@H]3CCCO3)cc1)CCC2. The van der Waals surface area contributed by atoms with Crippen LogP contribution in [0, 0.1) is 6.92 Å². The Morgan fingerprint density at radius 2 is 2.04 bits per heavy atom. The molecule has 2 aromatic rings. The Kier molecular flexibility index (Phi) is 4.93. The van der Waals surface area contributed by atoms with Crippen LogP contribution in [0.15, 0.2) is 42.5 Å². The molecule has 0 bridgehead atoms. The molecular weight excluding hydrogens is 326 g/mol. The van der Waals surface area contributed by atoms with Crippen LogP contribution in [-0.4, -0.2) is 31.8 Å². The minimum Gasteiger partial charge on any atom is -0.491 e. The summed E-state index contributed by atoms with van der Waals surface area (Å²) in [6.07, 6.45) is 4.41. The number of hydrogen-bond donors (Lipinski definition) is 0. The Labute approximate surface area is 154 Å². The predicted octanol–water partition coefficient (Wildman–Crippen LogP) is 4.15. The van der Waals surface area contributed by atoms with Crippen LogP contribution in [0.5, 0.6) is 5.75 Å². The van der Waals surface area contributed by atoms with Crippen molar-refractivity contribution >= 4 is 11.6 Å². The number of nitrogens with zero attached hydrogens (tertiary/aromatic N) is 1. The van der Waals surface area contributed by atoms with Crippen LogP contribution in [0.3, 0.4) is 0 Å². The Morgan fingerprint density at radius 1 is 1.19 bits per heavy atom. The molecule has 4 heteroatoms. The molecule has 2 heterocycles. The second kappa shape index (κ2) is 7.50. The van der Waals surface area contributed by atoms with E-state index >= 15 is 0 Å². The van der Waals surface area contributed by atoms with E-state index in [0.29, 0.717) is 12.2 Å². The number of carbonyl (C=O) groups is 1. The molecule has 1 saturated heterocycles. The van der Waals surface area contributed by atoms with E-state index in [4.69, 9.17) is 9.47 Å². The lowest BCUT2D eigenvalue weighted by molar-refractivity contribution is 0.0679. The van der Waals surface area contributed by atoms with E-state index in [1.54, 1.807) is 0 Å². The molecule has 0 aliphatic carbocycles. The summed E-state index contributed by atoms with van der Waals surface area (Å²) in [4.78, 5) is 15.0. The number of fused-ring (bicyclic) bond motifs is 1. The quantitative estimate of drug-likeness (QED) is 0.831. The molecule has 1 atom stereocenters. The van der Waals surface area contributed by atoms with Gasteiger partial charge in [0.2, 0.25) is 0 Å². The third-order valence-electron chi connectivity index (χ3n) is 5.23. The monoisotopic (exact) mass is 351 g/mol. The van der Waals surface area contributed by atoms with Crippen LogP contribution in [0.1, 0.15) is 40.7 Å². The summed E-state index contributed by atoms with van der Waals surface area (Å²) < 4.78 is 11.4. The third-order valence-corrected chi connectivity index (χ3v) is 5.23. The molecule has 2 aliphatic heterocycles. The van der Waals surface area contributed by atoms with E-state index in [2.05, 4.69) is 25.1 Å². The Balaban J connectivity index is 1.47. The molecule has 26 heavy (non-hydrogen) atoms. The van der Waals surface area contributed by atoms with Gasteiger partial charge in [-0.05, 0) is 68.0 Å². The Hall–Kier alpha value is -2.33. The van der Waals surface area contributed by atoms with Gasteiger partial charge in [-0.25, -0.2) is 0 Å². The number of rotatable bonds is 4. The van der Waals surface area contributed by atoms with Crippen molar-refractivity contribution in [2.45, 2.75) is 38.7 Å². The summed E-state index contributed by atoms with van der Waals surface area (Å²) in [5, 5.41) is 0. The van der Waals surface area contributed by atoms with Crippen LogP contribution in [0.2, 0.25) is 0 Å². The molecule has 1 amide bonds. The molecule has 4 rings (SSSR count). The van der Waals surface area contributed by atoms with Gasteiger partial charge in [0.25, 0.3) is 5.91 Å². The van der Waals surface area contributed by atoms with Crippen molar-refractivity contribution in [1.29, 1.82) is 0 Å². The highest BCUT2D eigenvalue weighted by atomic mass is 16.5. The zero-order valence-corrected chi connectivity index (χ0v) is 15.2. The Morgan fingerprint density at radius 3 is 2.81 bits per heavy atom. The highest BCUT2D eigenvalue weighted by Crippen LogP contribution is 2.31. The Bertz CT molecular complexity index is 778. The van der Waals surface area contributed by atoms with Crippen LogP contribution in [0.4, 0.5) is 5.69 Å². The summed E-state index contributed by atoms with van der Waals surface area (Å²) in [6, 6.07) is 13.8. The van der Waals surface area contributed by atoms with Gasteiger partial charge in [0.15, 0.2) is 0 Å². The second-order valence-corrected chi connectivity index (χ2v) is 7.11. The average Bonchev–Trinajstić information content (AvgIpc) is 3.20. The van der Waals surface area contributed by atoms with Gasteiger partial charge in [-0.15, -0.1) is 0 Å². The van der Waals surface area contributed by atoms with Gasteiger partial charge in [0, 0.05) is 18.7 Å². The topological polar surface area (TPSA) is 38.8 Å². The molecule has 1 fully saturated rings. The van der Waals surface area contributed by atoms with E-state index in [-0.39, 0.29) is 12.0 Å². The lowest BCUT2D eigenvalue weighted by Crippen LogP contribution is -2.36. The molecule has 0 saturated carbocycles. The zero-order chi connectivity index (χ0) is 17.9. The number of carbonyl (C=O) groups excluding carboxylic acids is 1. The maximum absolute atomic E-state index is 13.1. The summed E-state index contributed by atoms with van der Waals surface area (Å²) in [6.45, 7) is 4.25. The van der Waals surface area contributed by atoms with Gasteiger partial charge in [0.1, 0.15) is 12.4 Å². The van der Waals surface area contributed by atoms with Gasteiger partial charge >= 0.3 is 0 Å². The van der Waals surface area contributed by atoms with Crippen LogP contribution >= 0.6 is 0 Å². The van der Waals surface area contributed by atoms with Crippen molar-refractivity contribution in [2.75, 3.05) is 24.7 Å². The van der Waals surface area contributed by atoms with Crippen molar-refractivity contribution in [3.8, 4) is 5.75 Å². The number of aryl methyl sites for hydroxylation is 2. The van der Waals surface area contributed by atoms with Crippen molar-refractivity contribution in [3.05, 3.63) is 59.2 Å². The fraction of sp³-hybridized carbons (Fsp3) is 0.409. The van der Waals surface area contributed by atoms with E-state index < -0.39 is 0 Å². The number of anilines is 1. The van der Waals surface area contributed by atoms with Crippen LogP contribution < -0.4 is 9.64 Å². The molecular formula is C22H25NO3. The highest BCUT2D eigenvalue weighted by Gasteiger charge is 2.25. The maximum atomic E-state index is 13.1. The first-order valence-corrected chi connectivity index (χ1v) is 9.47. The zero-order valence-electron chi connectivity index (χ0n) is 15.2. The van der Waals surface area contributed by atoms with Crippen molar-refractivity contribution in [3.63, 3.8) is 0 Å². The number of hydrogen-bond acceptors (Lipinski definition) is 3. The van der Waals surface area contributed by atoms with E-state index in [1.807, 2.05) is 29.2 Å². The fourth-order valence-electron chi connectivity index (χ4n) is 3.86. The molecule has 4 nitrogen and oxygen atoms in total. The first kappa shape index (κ1) is 17.1. The lowest BCUT2D eigenvalue weighted by Gasteiger charge is -2.31. The number of ether oxygens (including phenoxy) is 2.